The quantitative estimate of drug-likeness (QED) is 0.537. The molecule has 1 aromatic carbocycles. The van der Waals surface area contributed by atoms with Crippen LogP contribution in [0.5, 0.6) is 0 Å². The summed E-state index contributed by atoms with van der Waals surface area (Å²) in [5.74, 6) is -1.89. The molecule has 0 bridgehead atoms. The number of thiazole rings is 1. The van der Waals surface area contributed by atoms with Gasteiger partial charge in [-0.1, -0.05) is 29.3 Å². The van der Waals surface area contributed by atoms with E-state index in [0.29, 0.717) is 20.5 Å². The van der Waals surface area contributed by atoms with Gasteiger partial charge in [-0.25, -0.2) is 4.79 Å². The van der Waals surface area contributed by atoms with E-state index in [1.807, 2.05) is 0 Å². The van der Waals surface area contributed by atoms with Crippen molar-refractivity contribution in [1.29, 1.82) is 0 Å². The number of carbonyl (C=O) groups excluding carboxylic acids is 3. The molecule has 2 aliphatic heterocycles. The molecule has 2 fully saturated rings. The van der Waals surface area contributed by atoms with E-state index in [4.69, 9.17) is 23.2 Å². The zero-order chi connectivity index (χ0) is 23.8. The van der Waals surface area contributed by atoms with Crippen LogP contribution in [0.3, 0.4) is 0 Å². The molecule has 1 spiro atoms. The summed E-state index contributed by atoms with van der Waals surface area (Å²) in [5.41, 5.74) is 6.25. The Kier molecular flexibility index (Phi) is 6.46. The third kappa shape index (κ3) is 4.75. The Morgan fingerprint density at radius 2 is 1.85 bits per heavy atom. The summed E-state index contributed by atoms with van der Waals surface area (Å²) in [7, 11) is 0. The first kappa shape index (κ1) is 23.3. The highest BCUT2D eigenvalue weighted by Gasteiger charge is 2.59. The second-order valence-electron chi connectivity index (χ2n) is 8.07. The zero-order valence-corrected chi connectivity index (χ0v) is 19.4. The van der Waals surface area contributed by atoms with Crippen LogP contribution in [-0.4, -0.2) is 69.9 Å². The minimum atomic E-state index is -1.08. The van der Waals surface area contributed by atoms with Gasteiger partial charge in [-0.05, 0) is 17.7 Å². The van der Waals surface area contributed by atoms with E-state index in [0.717, 1.165) is 0 Å². The fraction of sp³-hybridized carbons (Fsp3) is 0.350. The summed E-state index contributed by atoms with van der Waals surface area (Å²) >= 11 is 13.0. The first-order chi connectivity index (χ1) is 15.7. The number of nitrogens with one attached hydrogen (secondary N) is 2. The van der Waals surface area contributed by atoms with Crippen LogP contribution in [0.4, 0.5) is 4.79 Å². The lowest BCUT2D eigenvalue weighted by Crippen LogP contribution is -2.64. The molecular weight excluding hydrogens is 493 g/mol. The van der Waals surface area contributed by atoms with Crippen LogP contribution in [-0.2, 0) is 16.0 Å². The topological polar surface area (TPSA) is 132 Å². The van der Waals surface area contributed by atoms with E-state index >= 15 is 0 Å². The largest absolute Gasteiger partial charge is 0.465 e. The molecule has 10 nitrogen and oxygen atoms in total. The number of carboxylic acid groups (broad SMARTS) is 1. The van der Waals surface area contributed by atoms with Crippen LogP contribution in [0.2, 0.25) is 10.0 Å². The van der Waals surface area contributed by atoms with Gasteiger partial charge < -0.3 is 14.9 Å². The van der Waals surface area contributed by atoms with Crippen LogP contribution < -0.4 is 10.9 Å². The normalized spacial score (nSPS) is 18.7. The highest BCUT2D eigenvalue weighted by molar-refractivity contribution is 7.11. The third-order valence-corrected chi connectivity index (χ3v) is 7.35. The molecule has 1 unspecified atom stereocenters. The van der Waals surface area contributed by atoms with Crippen LogP contribution in [0, 0.1) is 11.3 Å². The van der Waals surface area contributed by atoms with Gasteiger partial charge in [-0.2, -0.15) is 0 Å². The maximum absolute atomic E-state index is 13.0. The Bertz CT molecular complexity index is 1110. The van der Waals surface area contributed by atoms with E-state index in [1.165, 1.54) is 27.3 Å². The van der Waals surface area contributed by atoms with E-state index in [2.05, 4.69) is 15.8 Å². The molecule has 4 amide bonds. The van der Waals surface area contributed by atoms with Crippen molar-refractivity contribution in [2.24, 2.45) is 11.3 Å². The van der Waals surface area contributed by atoms with E-state index in [9.17, 15) is 24.3 Å². The molecule has 13 heteroatoms. The number of carbonyl (C=O) groups is 4. The van der Waals surface area contributed by atoms with Crippen molar-refractivity contribution < 1.29 is 24.3 Å². The first-order valence-electron chi connectivity index (χ1n) is 9.87. The average molecular weight is 512 g/mol. The monoisotopic (exact) mass is 511 g/mol. The van der Waals surface area contributed by atoms with Gasteiger partial charge in [-0.3, -0.25) is 30.2 Å². The summed E-state index contributed by atoms with van der Waals surface area (Å²) in [6.45, 7) is 0.607. The number of hydrazine groups is 1. The van der Waals surface area contributed by atoms with Gasteiger partial charge in [0.15, 0.2) is 0 Å². The number of rotatable bonds is 4. The molecule has 0 radical (unpaired) electrons. The predicted octanol–water partition coefficient (Wildman–Crippen LogP) is 1.89. The molecule has 2 aliphatic rings. The van der Waals surface area contributed by atoms with Crippen molar-refractivity contribution in [2.45, 2.75) is 6.42 Å². The summed E-state index contributed by atoms with van der Waals surface area (Å²) in [4.78, 5) is 56.4. The molecule has 174 valence electrons. The van der Waals surface area contributed by atoms with Crippen molar-refractivity contribution in [1.82, 2.24) is 25.6 Å². The second kappa shape index (κ2) is 9.16. The van der Waals surface area contributed by atoms with Crippen LogP contribution in [0.1, 0.15) is 15.2 Å². The van der Waals surface area contributed by atoms with E-state index in [-0.39, 0.29) is 38.5 Å². The molecule has 2 aromatic rings. The van der Waals surface area contributed by atoms with E-state index in [1.54, 1.807) is 23.7 Å². The SMILES string of the molecule is O=C(Cc1ccc(Cl)c(Cl)c1)NNC(=O)C1CN(C(=O)c2cncs2)CC12CN(C(=O)O)C2. The number of hydrogen-bond donors (Lipinski definition) is 3. The fourth-order valence-electron chi connectivity index (χ4n) is 4.23. The lowest BCUT2D eigenvalue weighted by Gasteiger charge is -2.48. The third-order valence-electron chi connectivity index (χ3n) is 5.85. The fourth-order valence-corrected chi connectivity index (χ4v) is 5.14. The molecule has 3 N–H and O–H groups in total. The Morgan fingerprint density at radius 3 is 2.48 bits per heavy atom. The number of benzene rings is 1. The molecule has 0 saturated carbocycles. The second-order valence-corrected chi connectivity index (χ2v) is 9.77. The smallest absolute Gasteiger partial charge is 0.407 e. The van der Waals surface area contributed by atoms with Gasteiger partial charge in [-0.15, -0.1) is 11.3 Å². The highest BCUT2D eigenvalue weighted by Crippen LogP contribution is 2.44. The van der Waals surface area contributed by atoms with Gasteiger partial charge in [0.2, 0.25) is 11.8 Å². The van der Waals surface area contributed by atoms with Gasteiger partial charge in [0, 0.05) is 31.6 Å². The Labute approximate surface area is 202 Å². The Balaban J connectivity index is 1.40. The van der Waals surface area contributed by atoms with Crippen molar-refractivity contribution in [2.75, 3.05) is 26.2 Å². The van der Waals surface area contributed by atoms with Gasteiger partial charge in [0.25, 0.3) is 5.91 Å². The molecule has 4 rings (SSSR count). The van der Waals surface area contributed by atoms with Crippen molar-refractivity contribution in [3.63, 3.8) is 0 Å². The van der Waals surface area contributed by atoms with Gasteiger partial charge in [0.1, 0.15) is 4.88 Å². The predicted molar refractivity (Wildman–Crippen MR) is 120 cm³/mol. The number of aromatic nitrogens is 1. The lowest BCUT2D eigenvalue weighted by atomic mass is 9.71. The molecule has 3 heterocycles. The van der Waals surface area contributed by atoms with Crippen LogP contribution >= 0.6 is 34.5 Å². The van der Waals surface area contributed by atoms with Crippen molar-refractivity contribution >= 4 is 58.4 Å². The summed E-state index contributed by atoms with van der Waals surface area (Å²) in [5, 5.41) is 9.93. The maximum atomic E-state index is 13.0. The van der Waals surface area contributed by atoms with E-state index < -0.39 is 29.2 Å². The number of likely N-dealkylation sites (tertiary alicyclic amines) is 2. The first-order valence-corrected chi connectivity index (χ1v) is 11.5. The maximum Gasteiger partial charge on any atom is 0.407 e. The van der Waals surface area contributed by atoms with Crippen molar-refractivity contribution in [3.8, 4) is 0 Å². The Morgan fingerprint density at radius 1 is 1.12 bits per heavy atom. The van der Waals surface area contributed by atoms with Crippen molar-refractivity contribution in [3.05, 3.63) is 50.4 Å². The molecule has 1 aromatic heterocycles. The summed E-state index contributed by atoms with van der Waals surface area (Å²) in [6.07, 6.45) is 0.345. The van der Waals surface area contributed by atoms with Gasteiger partial charge in [0.05, 0.1) is 34.1 Å². The minimum Gasteiger partial charge on any atom is -0.465 e. The molecule has 33 heavy (non-hydrogen) atoms. The Hall–Kier alpha value is -2.89. The minimum absolute atomic E-state index is 0.0320. The number of amides is 4. The molecule has 2 saturated heterocycles. The van der Waals surface area contributed by atoms with Gasteiger partial charge >= 0.3 is 6.09 Å². The lowest BCUT2D eigenvalue weighted by molar-refractivity contribution is -0.135. The van der Waals surface area contributed by atoms with Crippen LogP contribution in [0.15, 0.2) is 29.9 Å². The number of nitrogens with zero attached hydrogens (tertiary/aromatic N) is 3. The number of hydrogen-bond acceptors (Lipinski definition) is 6. The molecule has 0 aliphatic carbocycles. The highest BCUT2D eigenvalue weighted by atomic mass is 35.5. The standard InChI is InChI=1S/C20H19Cl2N5O5S/c21-13-2-1-11(3-14(13)22)4-16(28)24-25-17(29)12-6-26(18(30)15-5-23-10-33-15)7-20(12)8-27(9-20)19(31)32/h1-3,5,10,12H,4,6-9H2,(H,24,28)(H,25,29)(H,31,32). The summed E-state index contributed by atoms with van der Waals surface area (Å²) < 4.78 is 0. The average Bonchev–Trinajstić information content (AvgIpc) is 3.41. The molecular formula is C20H19Cl2N5O5S. The summed E-state index contributed by atoms with van der Waals surface area (Å²) in [6, 6.07) is 4.79. The van der Waals surface area contributed by atoms with Crippen LogP contribution in [0.25, 0.3) is 0 Å². The molecule has 1 atom stereocenters. The zero-order valence-electron chi connectivity index (χ0n) is 17.1. The number of halogens is 2.